The van der Waals surface area contributed by atoms with E-state index in [0.29, 0.717) is 17.3 Å². The maximum absolute atomic E-state index is 12.8. The molecule has 2 aromatic rings. The van der Waals surface area contributed by atoms with Gasteiger partial charge in [0.1, 0.15) is 5.15 Å². The van der Waals surface area contributed by atoms with Crippen molar-refractivity contribution in [1.82, 2.24) is 9.88 Å². The summed E-state index contributed by atoms with van der Waals surface area (Å²) in [6.45, 7) is 4.49. The normalized spacial score (nSPS) is 16.3. The molecule has 0 saturated carbocycles. The average molecular weight is 366 g/mol. The van der Waals surface area contributed by atoms with Crippen molar-refractivity contribution in [3.8, 4) is 10.4 Å². The van der Waals surface area contributed by atoms with Gasteiger partial charge in [-0.1, -0.05) is 11.6 Å². The van der Waals surface area contributed by atoms with Crippen molar-refractivity contribution in [2.75, 3.05) is 13.2 Å². The summed E-state index contributed by atoms with van der Waals surface area (Å²) in [5.41, 5.74) is 1.17. The molecule has 3 heterocycles. The molecule has 25 heavy (non-hydrogen) atoms. The minimum Gasteiger partial charge on any atom is -0.401 e. The zero-order chi connectivity index (χ0) is 18.4. The van der Waals surface area contributed by atoms with Crippen LogP contribution >= 0.6 is 22.9 Å². The van der Waals surface area contributed by atoms with Gasteiger partial charge in [0.05, 0.1) is 41.2 Å². The molecule has 1 aliphatic rings. The third-order valence-corrected chi connectivity index (χ3v) is 5.82. The summed E-state index contributed by atoms with van der Waals surface area (Å²) in [6.07, 6.45) is 1.65. The smallest absolute Gasteiger partial charge is 0.255 e. The van der Waals surface area contributed by atoms with Crippen LogP contribution < -0.4 is 0 Å². The van der Waals surface area contributed by atoms with Crippen LogP contribution in [0, 0.1) is 0 Å². The molecule has 0 atom stereocenters. The second-order valence-electron chi connectivity index (χ2n) is 6.44. The predicted molar refractivity (Wildman–Crippen MR) is 103 cm³/mol. The molecular formula is C16H14B3ClN2O2S. The van der Waals surface area contributed by atoms with Gasteiger partial charge in [-0.15, -0.1) is 11.3 Å². The Bertz CT molecular complexity index is 820. The maximum Gasteiger partial charge on any atom is 0.255 e. The number of halogens is 1. The van der Waals surface area contributed by atoms with Gasteiger partial charge in [-0.05, 0) is 42.9 Å². The van der Waals surface area contributed by atoms with Gasteiger partial charge in [0.25, 0.3) is 5.91 Å². The van der Waals surface area contributed by atoms with E-state index in [1.54, 1.807) is 28.5 Å². The number of thiophene rings is 1. The van der Waals surface area contributed by atoms with Crippen molar-refractivity contribution in [2.24, 2.45) is 0 Å². The number of nitrogens with zero attached hydrogens (tertiary/aromatic N) is 2. The van der Waals surface area contributed by atoms with Crippen molar-refractivity contribution < 1.29 is 9.53 Å². The van der Waals surface area contributed by atoms with E-state index in [1.807, 2.05) is 26.0 Å². The van der Waals surface area contributed by atoms with Gasteiger partial charge in [-0.2, -0.15) is 0 Å². The van der Waals surface area contributed by atoms with Gasteiger partial charge < -0.3 is 9.64 Å². The van der Waals surface area contributed by atoms with Crippen molar-refractivity contribution in [3.63, 3.8) is 0 Å². The molecule has 2 aromatic heterocycles. The predicted octanol–water partition coefficient (Wildman–Crippen LogP) is 2.29. The molecule has 0 N–H and O–H groups in total. The Labute approximate surface area is 160 Å². The molecule has 0 bridgehead atoms. The molecule has 3 rings (SSSR count). The molecule has 9 heteroatoms. The summed E-state index contributed by atoms with van der Waals surface area (Å²) in [5.74, 6) is -0.0529. The Morgan fingerprint density at radius 2 is 2.08 bits per heavy atom. The van der Waals surface area contributed by atoms with Gasteiger partial charge in [0, 0.05) is 22.5 Å². The Hall–Kier alpha value is -1.24. The Kier molecular flexibility index (Phi) is 4.82. The third kappa shape index (κ3) is 3.66. The van der Waals surface area contributed by atoms with E-state index < -0.39 is 10.8 Å². The van der Waals surface area contributed by atoms with E-state index in [2.05, 4.69) is 4.98 Å². The minimum atomic E-state index is -1.70. The number of hydrogen-bond acceptors (Lipinski definition) is 4. The number of carbonyl (C=O) groups is 1. The number of ether oxygens (including phenoxy) is 1. The quantitative estimate of drug-likeness (QED) is 0.602. The fourth-order valence-corrected chi connectivity index (χ4v) is 4.35. The first kappa shape index (κ1) is 18.6. The van der Waals surface area contributed by atoms with Gasteiger partial charge in [-0.3, -0.25) is 4.79 Å². The van der Waals surface area contributed by atoms with Crippen LogP contribution in [0.3, 0.4) is 0 Å². The molecule has 6 radical (unpaired) electrons. The Balaban J connectivity index is 1.84. The number of amides is 1. The van der Waals surface area contributed by atoms with Crippen LogP contribution in [0.1, 0.15) is 29.1 Å². The highest BCUT2D eigenvalue weighted by molar-refractivity contribution is 7.16. The minimum absolute atomic E-state index is 0.0529. The maximum atomic E-state index is 12.8. The van der Waals surface area contributed by atoms with Crippen LogP contribution in [0.4, 0.5) is 0 Å². The number of carbonyl (C=O) groups excluding carboxylic acids is 1. The molecule has 0 spiro atoms. The molecular weight excluding hydrogens is 352 g/mol. The summed E-state index contributed by atoms with van der Waals surface area (Å²) in [7, 11) is 16.2. The zero-order valence-corrected chi connectivity index (χ0v) is 15.5. The first-order chi connectivity index (χ1) is 11.6. The largest absolute Gasteiger partial charge is 0.401 e. The van der Waals surface area contributed by atoms with E-state index in [4.69, 9.17) is 39.9 Å². The van der Waals surface area contributed by atoms with E-state index >= 15 is 0 Å². The van der Waals surface area contributed by atoms with Crippen LogP contribution in [0.5, 0.6) is 0 Å². The summed E-state index contributed by atoms with van der Waals surface area (Å²) < 4.78 is 5.14. The van der Waals surface area contributed by atoms with Crippen molar-refractivity contribution >= 4 is 52.4 Å². The number of pyridine rings is 1. The number of hydrogen-bond donors (Lipinski definition) is 0. The molecule has 0 saturated heterocycles. The SMILES string of the molecule is [B]C([B])([B])OCCN1C(=O)c2cc(-c3ccnc(Cl)c3)sc2C1(C)C. The van der Waals surface area contributed by atoms with Crippen LogP contribution in [-0.4, -0.2) is 57.8 Å². The second-order valence-corrected chi connectivity index (χ2v) is 7.88. The molecule has 122 valence electrons. The molecule has 1 aliphatic heterocycles. The highest BCUT2D eigenvalue weighted by Crippen LogP contribution is 2.46. The van der Waals surface area contributed by atoms with Gasteiger partial charge in [0.2, 0.25) is 0 Å². The number of aromatic nitrogens is 1. The third-order valence-electron chi connectivity index (χ3n) is 4.12. The zero-order valence-electron chi connectivity index (χ0n) is 14.0. The lowest BCUT2D eigenvalue weighted by molar-refractivity contribution is 0.0445. The molecule has 0 fully saturated rings. The monoisotopic (exact) mass is 366 g/mol. The Morgan fingerprint density at radius 3 is 2.68 bits per heavy atom. The molecule has 1 amide bonds. The Morgan fingerprint density at radius 1 is 1.36 bits per heavy atom. The topological polar surface area (TPSA) is 42.4 Å². The van der Waals surface area contributed by atoms with Crippen LogP contribution in [-0.2, 0) is 10.3 Å². The lowest BCUT2D eigenvalue weighted by atomic mass is 9.52. The van der Waals surface area contributed by atoms with Gasteiger partial charge in [0.15, 0.2) is 0 Å². The highest BCUT2D eigenvalue weighted by atomic mass is 35.5. The van der Waals surface area contributed by atoms with Crippen molar-refractivity contribution in [1.29, 1.82) is 0 Å². The summed E-state index contributed by atoms with van der Waals surface area (Å²) in [6, 6.07) is 5.56. The standard InChI is InChI=1S/C16H14B3ClN2O2S/c1-15(2)13-10(14(23)22(15)5-6-24-16(17,18)19)8-11(25-13)9-3-4-21-12(20)7-9/h3-4,7-8H,5-6H2,1-2H3. The van der Waals surface area contributed by atoms with Crippen molar-refractivity contribution in [2.45, 2.75) is 24.7 Å². The molecule has 4 nitrogen and oxygen atoms in total. The van der Waals surface area contributed by atoms with Crippen LogP contribution in [0.2, 0.25) is 5.15 Å². The summed E-state index contributed by atoms with van der Waals surface area (Å²) >= 11 is 7.54. The molecule has 0 aromatic carbocycles. The lowest BCUT2D eigenvalue weighted by Crippen LogP contribution is -2.43. The lowest BCUT2D eigenvalue weighted by Gasteiger charge is -2.33. The molecule has 0 aliphatic carbocycles. The van der Waals surface area contributed by atoms with Crippen LogP contribution in [0.15, 0.2) is 24.4 Å². The summed E-state index contributed by atoms with van der Waals surface area (Å²) in [5, 5.41) is -1.28. The second kappa shape index (κ2) is 6.49. The van der Waals surface area contributed by atoms with Crippen molar-refractivity contribution in [3.05, 3.63) is 40.0 Å². The van der Waals surface area contributed by atoms with E-state index in [-0.39, 0.29) is 12.5 Å². The van der Waals surface area contributed by atoms with Crippen LogP contribution in [0.25, 0.3) is 10.4 Å². The fraction of sp³-hybridized carbons (Fsp3) is 0.375. The van der Waals surface area contributed by atoms with Gasteiger partial charge >= 0.3 is 0 Å². The summed E-state index contributed by atoms with van der Waals surface area (Å²) in [4.78, 5) is 20.5. The van der Waals surface area contributed by atoms with E-state index in [1.165, 1.54) is 0 Å². The first-order valence-corrected chi connectivity index (χ1v) is 8.88. The molecule has 0 unspecified atom stereocenters. The van der Waals surface area contributed by atoms with E-state index in [0.717, 1.165) is 15.3 Å². The highest BCUT2D eigenvalue weighted by Gasteiger charge is 2.44. The number of fused-ring (bicyclic) bond motifs is 1. The average Bonchev–Trinajstić information content (AvgIpc) is 3.01. The number of rotatable bonds is 5. The first-order valence-electron chi connectivity index (χ1n) is 7.68. The fourth-order valence-electron chi connectivity index (χ4n) is 2.92. The van der Waals surface area contributed by atoms with Gasteiger partial charge in [-0.25, -0.2) is 4.98 Å². The van der Waals surface area contributed by atoms with E-state index in [9.17, 15) is 4.79 Å².